The SMILES string of the molecule is Cc1ccc(-c2ccc(-c3ccc(C(F)(F)Oc4cc(F)c(F)c(F)c4)cc3)c(F)c2)cc1. The molecule has 0 saturated carbocycles. The van der Waals surface area contributed by atoms with E-state index in [0.29, 0.717) is 23.3 Å². The largest absolute Gasteiger partial charge is 0.429 e. The van der Waals surface area contributed by atoms with Crippen molar-refractivity contribution in [1.82, 2.24) is 0 Å². The van der Waals surface area contributed by atoms with Crippen LogP contribution in [0.2, 0.25) is 0 Å². The first kappa shape index (κ1) is 22.5. The van der Waals surface area contributed by atoms with Crippen LogP contribution < -0.4 is 4.74 Å². The van der Waals surface area contributed by atoms with E-state index in [1.165, 1.54) is 18.2 Å². The summed E-state index contributed by atoms with van der Waals surface area (Å²) in [6, 6.07) is 17.5. The van der Waals surface area contributed by atoms with E-state index in [1.54, 1.807) is 12.1 Å². The minimum absolute atomic E-state index is 0.212. The van der Waals surface area contributed by atoms with Crippen LogP contribution in [0.5, 0.6) is 5.75 Å². The van der Waals surface area contributed by atoms with Gasteiger partial charge in [-0.15, -0.1) is 0 Å². The van der Waals surface area contributed by atoms with E-state index in [9.17, 15) is 26.3 Å². The Morgan fingerprint density at radius 2 is 1.15 bits per heavy atom. The Hall–Kier alpha value is -3.74. The van der Waals surface area contributed by atoms with Crippen molar-refractivity contribution in [2.24, 2.45) is 0 Å². The van der Waals surface area contributed by atoms with Gasteiger partial charge >= 0.3 is 6.11 Å². The average Bonchev–Trinajstić information content (AvgIpc) is 2.78. The zero-order valence-corrected chi connectivity index (χ0v) is 17.2. The monoisotopic (exact) mass is 458 g/mol. The normalized spacial score (nSPS) is 11.5. The van der Waals surface area contributed by atoms with Crippen LogP contribution in [0.25, 0.3) is 22.3 Å². The number of benzene rings is 4. The molecule has 0 aliphatic carbocycles. The maximum absolute atomic E-state index is 14.8. The fourth-order valence-corrected chi connectivity index (χ4v) is 3.32. The van der Waals surface area contributed by atoms with E-state index in [0.717, 1.165) is 23.3 Å². The van der Waals surface area contributed by atoms with Crippen molar-refractivity contribution < 1.29 is 31.1 Å². The van der Waals surface area contributed by atoms with Crippen LogP contribution in [0.1, 0.15) is 11.1 Å². The first-order valence-electron chi connectivity index (χ1n) is 9.83. The molecule has 0 heterocycles. The summed E-state index contributed by atoms with van der Waals surface area (Å²) in [7, 11) is 0. The lowest BCUT2D eigenvalue weighted by molar-refractivity contribution is -0.185. The zero-order chi connectivity index (χ0) is 23.8. The van der Waals surface area contributed by atoms with Gasteiger partial charge < -0.3 is 4.74 Å². The van der Waals surface area contributed by atoms with Gasteiger partial charge in [0, 0.05) is 17.7 Å². The van der Waals surface area contributed by atoms with Crippen LogP contribution in [-0.2, 0) is 6.11 Å². The van der Waals surface area contributed by atoms with Crippen LogP contribution in [0, 0.1) is 30.2 Å². The Kier molecular flexibility index (Phi) is 5.89. The summed E-state index contributed by atoms with van der Waals surface area (Å²) in [5, 5.41) is 0. The number of alkyl halides is 2. The van der Waals surface area contributed by atoms with E-state index in [4.69, 9.17) is 0 Å². The van der Waals surface area contributed by atoms with Gasteiger partial charge in [0.15, 0.2) is 17.5 Å². The van der Waals surface area contributed by atoms with E-state index >= 15 is 0 Å². The van der Waals surface area contributed by atoms with E-state index in [2.05, 4.69) is 4.74 Å². The predicted octanol–water partition coefficient (Wildman–Crippen LogP) is 8.01. The van der Waals surface area contributed by atoms with E-state index in [1.807, 2.05) is 31.2 Å². The van der Waals surface area contributed by atoms with Crippen molar-refractivity contribution in [3.8, 4) is 28.0 Å². The molecule has 7 heteroatoms. The molecule has 0 N–H and O–H groups in total. The predicted molar refractivity (Wildman–Crippen MR) is 113 cm³/mol. The summed E-state index contributed by atoms with van der Waals surface area (Å²) in [6.45, 7) is 1.95. The zero-order valence-electron chi connectivity index (χ0n) is 17.2. The Balaban J connectivity index is 1.57. The molecule has 0 spiro atoms. The molecule has 33 heavy (non-hydrogen) atoms. The third-order valence-corrected chi connectivity index (χ3v) is 5.09. The second-order valence-corrected chi connectivity index (χ2v) is 7.46. The van der Waals surface area contributed by atoms with Crippen LogP contribution >= 0.6 is 0 Å². The van der Waals surface area contributed by atoms with Gasteiger partial charge in [-0.3, -0.25) is 0 Å². The molecular formula is C26H16F6O. The standard InChI is InChI=1S/C26H16F6O/c1-15-2-4-16(5-3-15)18-8-11-21(22(27)12-18)17-6-9-19(10-7-17)26(31,32)33-20-13-23(28)25(30)24(29)14-20/h2-14H,1H3. The van der Waals surface area contributed by atoms with Crippen LogP contribution in [0.15, 0.2) is 78.9 Å². The molecule has 0 radical (unpaired) electrons. The highest BCUT2D eigenvalue weighted by Crippen LogP contribution is 2.35. The summed E-state index contributed by atoms with van der Waals surface area (Å²) in [5.74, 6) is -6.49. The van der Waals surface area contributed by atoms with Gasteiger partial charge in [0.05, 0.1) is 5.56 Å². The fraction of sp³-hybridized carbons (Fsp3) is 0.0769. The lowest BCUT2D eigenvalue weighted by atomic mass is 9.98. The number of hydrogen-bond acceptors (Lipinski definition) is 1. The smallest absolute Gasteiger partial charge is 0.426 e. The van der Waals surface area contributed by atoms with Gasteiger partial charge in [0.25, 0.3) is 0 Å². The molecule has 0 aliphatic heterocycles. The van der Waals surface area contributed by atoms with E-state index in [-0.39, 0.29) is 5.56 Å². The number of ether oxygens (including phenoxy) is 1. The minimum Gasteiger partial charge on any atom is -0.429 e. The third-order valence-electron chi connectivity index (χ3n) is 5.09. The molecule has 0 amide bonds. The summed E-state index contributed by atoms with van der Waals surface area (Å²) >= 11 is 0. The Bertz CT molecular complexity index is 1270. The molecular weight excluding hydrogens is 442 g/mol. The van der Waals surface area contributed by atoms with Gasteiger partial charge in [-0.1, -0.05) is 54.1 Å². The summed E-state index contributed by atoms with van der Waals surface area (Å²) < 4.78 is 87.6. The molecule has 0 saturated heterocycles. The van der Waals surface area contributed by atoms with Crippen molar-refractivity contribution in [2.75, 3.05) is 0 Å². The first-order chi connectivity index (χ1) is 15.6. The van der Waals surface area contributed by atoms with Crippen LogP contribution in [0.3, 0.4) is 0 Å². The Labute approximate surface area is 185 Å². The quantitative estimate of drug-likeness (QED) is 0.217. The number of rotatable bonds is 5. The average molecular weight is 458 g/mol. The number of halogens is 6. The minimum atomic E-state index is -3.97. The highest BCUT2D eigenvalue weighted by molar-refractivity contribution is 5.71. The molecule has 1 nitrogen and oxygen atoms in total. The second kappa shape index (κ2) is 8.65. The molecule has 168 valence electrons. The molecule has 4 aromatic rings. The van der Waals surface area contributed by atoms with Gasteiger partial charge in [-0.2, -0.15) is 8.78 Å². The molecule has 0 aliphatic rings. The van der Waals surface area contributed by atoms with Crippen molar-refractivity contribution in [3.63, 3.8) is 0 Å². The van der Waals surface area contributed by atoms with Crippen molar-refractivity contribution in [2.45, 2.75) is 13.0 Å². The summed E-state index contributed by atoms with van der Waals surface area (Å²) in [4.78, 5) is 0. The highest BCUT2D eigenvalue weighted by Gasteiger charge is 2.35. The molecule has 4 aromatic carbocycles. The Morgan fingerprint density at radius 1 is 0.606 bits per heavy atom. The molecule has 0 unspecified atom stereocenters. The molecule has 0 fully saturated rings. The summed E-state index contributed by atoms with van der Waals surface area (Å²) in [5.41, 5.74) is 2.52. The second-order valence-electron chi connectivity index (χ2n) is 7.46. The number of hydrogen-bond donors (Lipinski definition) is 0. The maximum Gasteiger partial charge on any atom is 0.426 e. The van der Waals surface area contributed by atoms with Gasteiger partial charge in [0.1, 0.15) is 11.6 Å². The van der Waals surface area contributed by atoms with E-state index < -0.39 is 40.7 Å². The number of aryl methyl sites for hydroxylation is 1. The van der Waals surface area contributed by atoms with Crippen LogP contribution in [-0.4, -0.2) is 0 Å². The fourth-order valence-electron chi connectivity index (χ4n) is 3.32. The summed E-state index contributed by atoms with van der Waals surface area (Å²) in [6.07, 6.45) is -3.97. The van der Waals surface area contributed by atoms with Gasteiger partial charge in [-0.05, 0) is 41.8 Å². The van der Waals surface area contributed by atoms with Crippen LogP contribution in [0.4, 0.5) is 26.3 Å². The molecule has 4 rings (SSSR count). The van der Waals surface area contributed by atoms with Gasteiger partial charge in [-0.25, -0.2) is 17.6 Å². The molecule has 0 atom stereocenters. The molecule has 0 aromatic heterocycles. The first-order valence-corrected chi connectivity index (χ1v) is 9.83. The van der Waals surface area contributed by atoms with Crippen molar-refractivity contribution in [3.05, 3.63) is 113 Å². The highest BCUT2D eigenvalue weighted by atomic mass is 19.3. The van der Waals surface area contributed by atoms with Crippen molar-refractivity contribution in [1.29, 1.82) is 0 Å². The topological polar surface area (TPSA) is 9.23 Å². The lowest BCUT2D eigenvalue weighted by Gasteiger charge is -2.19. The Morgan fingerprint density at radius 3 is 1.73 bits per heavy atom. The maximum atomic E-state index is 14.8. The van der Waals surface area contributed by atoms with Gasteiger partial charge in [0.2, 0.25) is 0 Å². The van der Waals surface area contributed by atoms with Crippen molar-refractivity contribution >= 4 is 0 Å². The lowest BCUT2D eigenvalue weighted by Crippen LogP contribution is -2.22. The molecule has 0 bridgehead atoms. The third kappa shape index (κ3) is 4.72.